The molecule has 0 radical (unpaired) electrons. The highest BCUT2D eigenvalue weighted by molar-refractivity contribution is 6.13. The molecule has 1 aromatic heterocycles. The normalized spacial score (nSPS) is 12.2. The Labute approximate surface area is 258 Å². The van der Waals surface area contributed by atoms with Gasteiger partial charge in [-0.3, -0.25) is 4.99 Å². The highest BCUT2D eigenvalue weighted by atomic mass is 15.0. The summed E-state index contributed by atoms with van der Waals surface area (Å²) < 4.78 is 2.31. The first-order valence-corrected chi connectivity index (χ1v) is 14.5. The van der Waals surface area contributed by atoms with Gasteiger partial charge >= 0.3 is 0 Å². The topological polar surface area (TPSA) is 42.0 Å². The standard InChI is InChI=1S/C40H32N4/c1-29(33-25-26-38-36(27-33)35-21-13-14-22-37(35)44(38)34-19-11-6-12-20-34)23-24-30(2)39(42-28-31-15-7-4-8-16-31)43-40(41-3)32-17-9-5-10-18-32/h4-27H,1-3,28H2/b24-23-,42-39-,43-40-. The number of hydrogen-bond acceptors (Lipinski definition) is 1. The van der Waals surface area contributed by atoms with E-state index in [4.69, 9.17) is 9.98 Å². The fourth-order valence-corrected chi connectivity index (χ4v) is 5.24. The summed E-state index contributed by atoms with van der Waals surface area (Å²) in [6, 6.07) is 45.3. The Morgan fingerprint density at radius 2 is 1.27 bits per heavy atom. The molecule has 0 N–H and O–H groups in total. The van der Waals surface area contributed by atoms with Crippen molar-refractivity contribution in [3.8, 4) is 5.69 Å². The molecule has 0 aliphatic rings. The first-order chi connectivity index (χ1) is 21.6. The van der Waals surface area contributed by atoms with E-state index in [2.05, 4.69) is 96.2 Å². The summed E-state index contributed by atoms with van der Waals surface area (Å²) in [7, 11) is 0. The summed E-state index contributed by atoms with van der Waals surface area (Å²) in [5.74, 6) is 0.983. The molecule has 0 bridgehead atoms. The molecule has 4 nitrogen and oxygen atoms in total. The molecule has 44 heavy (non-hydrogen) atoms. The molecule has 6 rings (SSSR count). The van der Waals surface area contributed by atoms with Crippen LogP contribution >= 0.6 is 0 Å². The van der Waals surface area contributed by atoms with Crippen molar-refractivity contribution < 1.29 is 0 Å². The lowest BCUT2D eigenvalue weighted by atomic mass is 10.0. The second kappa shape index (κ2) is 13.0. The van der Waals surface area contributed by atoms with Crippen LogP contribution in [0.25, 0.3) is 33.1 Å². The molecule has 0 saturated heterocycles. The molecular formula is C40H32N4. The minimum atomic E-state index is 0.467. The summed E-state index contributed by atoms with van der Waals surface area (Å²) in [4.78, 5) is 13.8. The summed E-state index contributed by atoms with van der Waals surface area (Å²) in [5, 5.41) is 2.37. The van der Waals surface area contributed by atoms with Crippen molar-refractivity contribution in [3.05, 3.63) is 181 Å². The van der Waals surface area contributed by atoms with Crippen molar-refractivity contribution in [3.63, 3.8) is 0 Å². The van der Waals surface area contributed by atoms with Gasteiger partial charge < -0.3 is 4.57 Å². The number of rotatable bonds is 8. The van der Waals surface area contributed by atoms with Crippen LogP contribution in [0.2, 0.25) is 0 Å². The molecule has 1 heterocycles. The third-order valence-electron chi connectivity index (χ3n) is 7.48. The average molecular weight is 569 g/mol. The summed E-state index contributed by atoms with van der Waals surface area (Å²) in [6.07, 6.45) is 3.88. The zero-order valence-corrected chi connectivity index (χ0v) is 24.5. The number of aliphatic imine (C=N–C) groups is 3. The summed E-state index contributed by atoms with van der Waals surface area (Å²) in [6.45, 7) is 12.9. The smallest absolute Gasteiger partial charge is 0.161 e. The molecule has 0 saturated carbocycles. The zero-order chi connectivity index (χ0) is 30.3. The first kappa shape index (κ1) is 28.3. The van der Waals surface area contributed by atoms with Gasteiger partial charge in [-0.15, -0.1) is 0 Å². The van der Waals surface area contributed by atoms with Crippen molar-refractivity contribution in [2.24, 2.45) is 15.0 Å². The van der Waals surface area contributed by atoms with Gasteiger partial charge in [-0.2, -0.15) is 0 Å². The number of fused-ring (bicyclic) bond motifs is 3. The van der Waals surface area contributed by atoms with Crippen LogP contribution in [-0.2, 0) is 6.54 Å². The lowest BCUT2D eigenvalue weighted by Gasteiger charge is -2.08. The predicted octanol–water partition coefficient (Wildman–Crippen LogP) is 9.66. The monoisotopic (exact) mass is 568 g/mol. The lowest BCUT2D eigenvalue weighted by Crippen LogP contribution is -2.05. The summed E-state index contributed by atoms with van der Waals surface area (Å²) >= 11 is 0. The molecule has 5 aromatic carbocycles. The highest BCUT2D eigenvalue weighted by Crippen LogP contribution is 2.33. The second-order valence-corrected chi connectivity index (χ2v) is 10.4. The maximum absolute atomic E-state index is 4.82. The van der Waals surface area contributed by atoms with E-state index >= 15 is 0 Å². The Hall–Kier alpha value is -5.87. The maximum atomic E-state index is 4.82. The van der Waals surface area contributed by atoms with Crippen molar-refractivity contribution in [2.75, 3.05) is 0 Å². The minimum absolute atomic E-state index is 0.467. The van der Waals surface area contributed by atoms with Crippen LogP contribution in [0.1, 0.15) is 16.7 Å². The van der Waals surface area contributed by atoms with Gasteiger partial charge in [-0.1, -0.05) is 128 Å². The number of hydrogen-bond donors (Lipinski definition) is 0. The third kappa shape index (κ3) is 6.01. The van der Waals surface area contributed by atoms with Gasteiger partial charge in [0.2, 0.25) is 0 Å². The van der Waals surface area contributed by atoms with Gasteiger partial charge in [0.1, 0.15) is 0 Å². The van der Waals surface area contributed by atoms with Crippen molar-refractivity contribution >= 4 is 45.8 Å². The molecule has 0 atom stereocenters. The van der Waals surface area contributed by atoms with Gasteiger partial charge in [0.15, 0.2) is 11.7 Å². The van der Waals surface area contributed by atoms with E-state index in [1.807, 2.05) is 78.9 Å². The first-order valence-electron chi connectivity index (χ1n) is 14.5. The molecule has 0 fully saturated rings. The van der Waals surface area contributed by atoms with Crippen LogP contribution in [0.15, 0.2) is 179 Å². The van der Waals surface area contributed by atoms with Crippen molar-refractivity contribution in [1.82, 2.24) is 4.57 Å². The third-order valence-corrected chi connectivity index (χ3v) is 7.48. The fraction of sp³-hybridized carbons (Fsp3) is 0.0250. The van der Waals surface area contributed by atoms with E-state index in [-0.39, 0.29) is 0 Å². The highest BCUT2D eigenvalue weighted by Gasteiger charge is 2.13. The van der Waals surface area contributed by atoms with E-state index < -0.39 is 0 Å². The lowest BCUT2D eigenvalue weighted by molar-refractivity contribution is 1.06. The molecule has 0 unspecified atom stereocenters. The van der Waals surface area contributed by atoms with Gasteiger partial charge in [0.05, 0.1) is 17.6 Å². The van der Waals surface area contributed by atoms with Crippen LogP contribution < -0.4 is 0 Å². The maximum Gasteiger partial charge on any atom is 0.161 e. The van der Waals surface area contributed by atoms with Crippen LogP contribution in [0, 0.1) is 0 Å². The Bertz CT molecular complexity index is 2060. The fourth-order valence-electron chi connectivity index (χ4n) is 5.24. The van der Waals surface area contributed by atoms with Gasteiger partial charge in [0, 0.05) is 27.6 Å². The van der Waals surface area contributed by atoms with E-state index in [0.717, 1.165) is 33.5 Å². The molecular weight excluding hydrogens is 536 g/mol. The molecule has 0 spiro atoms. The number of benzene rings is 5. The number of amidine groups is 2. The number of nitrogens with zero attached hydrogens (tertiary/aromatic N) is 4. The Balaban J connectivity index is 1.32. The molecule has 0 amide bonds. The van der Waals surface area contributed by atoms with E-state index in [9.17, 15) is 0 Å². The van der Waals surface area contributed by atoms with Crippen molar-refractivity contribution in [2.45, 2.75) is 6.54 Å². The quantitative estimate of drug-likeness (QED) is 0.0997. The van der Waals surface area contributed by atoms with Crippen LogP contribution in [0.3, 0.4) is 0 Å². The molecule has 4 heteroatoms. The minimum Gasteiger partial charge on any atom is -0.309 e. The molecule has 6 aromatic rings. The molecule has 0 aliphatic carbocycles. The van der Waals surface area contributed by atoms with Crippen LogP contribution in [0.4, 0.5) is 0 Å². The van der Waals surface area contributed by atoms with Crippen LogP contribution in [-0.4, -0.2) is 23.0 Å². The summed E-state index contributed by atoms with van der Waals surface area (Å²) in [5.41, 5.74) is 7.94. The van der Waals surface area contributed by atoms with E-state index in [1.54, 1.807) is 0 Å². The predicted molar refractivity (Wildman–Crippen MR) is 188 cm³/mol. The van der Waals surface area contributed by atoms with Crippen LogP contribution in [0.5, 0.6) is 0 Å². The largest absolute Gasteiger partial charge is 0.309 e. The number of para-hydroxylation sites is 2. The van der Waals surface area contributed by atoms with Gasteiger partial charge in [-0.25, -0.2) is 9.98 Å². The van der Waals surface area contributed by atoms with Gasteiger partial charge in [-0.05, 0) is 53.7 Å². The average Bonchev–Trinajstić information content (AvgIpc) is 3.42. The van der Waals surface area contributed by atoms with E-state index in [1.165, 1.54) is 16.3 Å². The SMILES string of the molecule is C=N/C(=N\C(=N/Cc1ccccc1)C(=C)/C=C\C(=C)c1ccc2c(c1)c1ccccc1n2-c1ccccc1)c1ccccc1. The molecule has 212 valence electrons. The number of allylic oxidation sites excluding steroid dienone is 2. The number of aromatic nitrogens is 1. The van der Waals surface area contributed by atoms with Crippen molar-refractivity contribution in [1.29, 1.82) is 0 Å². The van der Waals surface area contributed by atoms with Gasteiger partial charge in [0.25, 0.3) is 0 Å². The Morgan fingerprint density at radius 3 is 2.00 bits per heavy atom. The second-order valence-electron chi connectivity index (χ2n) is 10.4. The molecule has 0 aliphatic heterocycles. The zero-order valence-electron chi connectivity index (χ0n) is 24.5. The van der Waals surface area contributed by atoms with E-state index in [0.29, 0.717) is 23.8 Å². The Kier molecular flexibility index (Phi) is 8.33. The Morgan fingerprint density at radius 1 is 0.636 bits per heavy atom.